The molecule has 0 aromatic carbocycles. The minimum absolute atomic E-state index is 0.0493. The monoisotopic (exact) mass is 1110 g/mol. The molecule has 1 saturated heterocycles. The minimum Gasteiger partial charge on any atom is -0.479 e. The molecule has 0 bridgehead atoms. The van der Waals surface area contributed by atoms with Crippen molar-refractivity contribution in [3.63, 3.8) is 0 Å². The van der Waals surface area contributed by atoms with Crippen molar-refractivity contribution in [2.24, 2.45) is 0 Å². The number of aliphatic hydroxyl groups is 2. The van der Waals surface area contributed by atoms with Gasteiger partial charge in [0.25, 0.3) is 0 Å². The molecule has 12 heteroatoms. The highest BCUT2D eigenvalue weighted by atomic mass is 16.7. The molecule has 1 fully saturated rings. The Morgan fingerprint density at radius 1 is 0.418 bits per heavy atom. The van der Waals surface area contributed by atoms with Gasteiger partial charge in [-0.05, 0) is 103 Å². The first-order valence-electron chi connectivity index (χ1n) is 32.3. The van der Waals surface area contributed by atoms with Gasteiger partial charge in [-0.1, -0.05) is 229 Å². The molecule has 12 nitrogen and oxygen atoms in total. The first-order valence-corrected chi connectivity index (χ1v) is 32.3. The second kappa shape index (κ2) is 55.0. The average molecular weight is 1110 g/mol. The molecule has 1 rings (SSSR count). The van der Waals surface area contributed by atoms with Gasteiger partial charge in [0.15, 0.2) is 24.6 Å². The lowest BCUT2D eigenvalue weighted by molar-refractivity contribution is -0.301. The second-order valence-electron chi connectivity index (χ2n) is 22.0. The number of carboxylic acids is 1. The van der Waals surface area contributed by atoms with Crippen molar-refractivity contribution in [2.75, 3.05) is 13.2 Å². The number of hydrogen-bond donors (Lipinski definition) is 3. The predicted molar refractivity (Wildman–Crippen MR) is 322 cm³/mol. The first-order chi connectivity index (χ1) is 38.6. The quantitative estimate of drug-likeness (QED) is 0.0228. The average Bonchev–Trinajstić information content (AvgIpc) is 3.44. The van der Waals surface area contributed by atoms with E-state index in [0.29, 0.717) is 19.3 Å². The molecule has 6 unspecified atom stereocenters. The van der Waals surface area contributed by atoms with Gasteiger partial charge in [-0.15, -0.1) is 0 Å². The van der Waals surface area contributed by atoms with E-state index in [1.165, 1.54) is 122 Å². The van der Waals surface area contributed by atoms with Crippen LogP contribution in [0.4, 0.5) is 0 Å². The molecule has 6 atom stereocenters. The maximum absolute atomic E-state index is 13.2. The number of carbonyl (C=O) groups is 4. The number of carbonyl (C=O) groups excluding carboxylic acids is 3. The molecule has 0 amide bonds. The predicted octanol–water partition coefficient (Wildman–Crippen LogP) is 17.1. The Morgan fingerprint density at radius 2 is 0.772 bits per heavy atom. The van der Waals surface area contributed by atoms with E-state index in [9.17, 15) is 34.5 Å². The molecule has 0 saturated carbocycles. The number of aliphatic hydroxyl groups excluding tert-OH is 2. The van der Waals surface area contributed by atoms with E-state index >= 15 is 0 Å². The molecule has 0 aromatic heterocycles. The van der Waals surface area contributed by atoms with Gasteiger partial charge in [0.2, 0.25) is 0 Å². The van der Waals surface area contributed by atoms with E-state index in [2.05, 4.69) is 81.5 Å². The van der Waals surface area contributed by atoms with Gasteiger partial charge in [-0.2, -0.15) is 0 Å². The Kier molecular flexibility index (Phi) is 51.1. The summed E-state index contributed by atoms with van der Waals surface area (Å²) in [5, 5.41) is 31.5. The summed E-state index contributed by atoms with van der Waals surface area (Å²) in [6, 6.07) is 0. The third-order valence-electron chi connectivity index (χ3n) is 14.5. The van der Waals surface area contributed by atoms with Crippen LogP contribution in [-0.4, -0.2) is 89.2 Å². The van der Waals surface area contributed by atoms with Gasteiger partial charge in [0.1, 0.15) is 18.8 Å². The summed E-state index contributed by atoms with van der Waals surface area (Å²) in [6.07, 6.45) is 56.1. The van der Waals surface area contributed by atoms with Crippen LogP contribution in [0.15, 0.2) is 60.8 Å². The van der Waals surface area contributed by atoms with Crippen LogP contribution in [0.25, 0.3) is 0 Å². The molecular weight excluding hydrogens is 997 g/mol. The summed E-state index contributed by atoms with van der Waals surface area (Å²) in [6.45, 7) is 5.92. The number of unbranched alkanes of at least 4 members (excludes halogenated alkanes) is 31. The smallest absolute Gasteiger partial charge is 0.335 e. The van der Waals surface area contributed by atoms with E-state index in [0.717, 1.165) is 109 Å². The van der Waals surface area contributed by atoms with E-state index in [1.54, 1.807) is 0 Å². The molecule has 3 N–H and O–H groups in total. The second-order valence-corrected chi connectivity index (χ2v) is 22.0. The van der Waals surface area contributed by atoms with Gasteiger partial charge in [0, 0.05) is 19.3 Å². The molecule has 0 aromatic rings. The van der Waals surface area contributed by atoms with Crippen LogP contribution in [0.2, 0.25) is 0 Å². The third-order valence-corrected chi connectivity index (χ3v) is 14.5. The lowest BCUT2D eigenvalue weighted by Crippen LogP contribution is -2.61. The molecule has 1 aliphatic heterocycles. The summed E-state index contributed by atoms with van der Waals surface area (Å²) in [4.78, 5) is 51.2. The SMILES string of the molecule is CCCC/C=C\CCCCCCCC(=O)OC1C(OCC(COC(=O)CCCCCCCCCCC/C=C\C/C=C\CCCCC)OC(=O)CCCCCCCCCCC/C=C\C/C=C\CCCCC)OC(C(=O)O)C(O)C1O. The summed E-state index contributed by atoms with van der Waals surface area (Å²) in [5.74, 6) is -3.13. The van der Waals surface area contributed by atoms with Crippen LogP contribution in [0.5, 0.6) is 0 Å². The largest absolute Gasteiger partial charge is 0.479 e. The Labute approximate surface area is 481 Å². The van der Waals surface area contributed by atoms with Crippen LogP contribution in [0, 0.1) is 0 Å². The number of ether oxygens (including phenoxy) is 5. The van der Waals surface area contributed by atoms with E-state index in [-0.39, 0.29) is 25.9 Å². The highest BCUT2D eigenvalue weighted by molar-refractivity contribution is 5.74. The van der Waals surface area contributed by atoms with E-state index < -0.39 is 67.3 Å². The normalized spacial score (nSPS) is 18.2. The van der Waals surface area contributed by atoms with Crippen LogP contribution < -0.4 is 0 Å². The van der Waals surface area contributed by atoms with Crippen molar-refractivity contribution in [1.29, 1.82) is 0 Å². The fourth-order valence-electron chi connectivity index (χ4n) is 9.53. The van der Waals surface area contributed by atoms with Gasteiger partial charge in [-0.25, -0.2) is 4.79 Å². The van der Waals surface area contributed by atoms with Crippen LogP contribution in [0.1, 0.15) is 290 Å². The Morgan fingerprint density at radius 3 is 1.19 bits per heavy atom. The van der Waals surface area contributed by atoms with Crippen molar-refractivity contribution < 1.29 is 58.2 Å². The number of hydrogen-bond acceptors (Lipinski definition) is 11. The van der Waals surface area contributed by atoms with Gasteiger partial charge in [0.05, 0.1) is 6.61 Å². The van der Waals surface area contributed by atoms with Gasteiger partial charge in [-0.3, -0.25) is 14.4 Å². The Hall–Kier alpha value is -3.58. The molecule has 1 heterocycles. The van der Waals surface area contributed by atoms with Gasteiger partial charge >= 0.3 is 23.9 Å². The van der Waals surface area contributed by atoms with Crippen molar-refractivity contribution >= 4 is 23.9 Å². The highest BCUT2D eigenvalue weighted by Crippen LogP contribution is 2.27. The maximum Gasteiger partial charge on any atom is 0.335 e. The summed E-state index contributed by atoms with van der Waals surface area (Å²) < 4.78 is 28.5. The zero-order valence-corrected chi connectivity index (χ0v) is 50.4. The minimum atomic E-state index is -1.91. The van der Waals surface area contributed by atoms with Crippen molar-refractivity contribution in [3.05, 3.63) is 60.8 Å². The zero-order valence-electron chi connectivity index (χ0n) is 50.4. The third kappa shape index (κ3) is 44.7. The summed E-state index contributed by atoms with van der Waals surface area (Å²) >= 11 is 0. The molecule has 79 heavy (non-hydrogen) atoms. The van der Waals surface area contributed by atoms with E-state index in [1.807, 2.05) is 0 Å². The number of rotatable bonds is 55. The van der Waals surface area contributed by atoms with E-state index in [4.69, 9.17) is 23.7 Å². The Bertz CT molecular complexity index is 1600. The molecule has 0 spiro atoms. The molecule has 456 valence electrons. The molecule has 1 aliphatic rings. The zero-order chi connectivity index (χ0) is 57.5. The molecule has 0 radical (unpaired) electrons. The number of esters is 3. The highest BCUT2D eigenvalue weighted by Gasteiger charge is 2.50. The van der Waals surface area contributed by atoms with Crippen molar-refractivity contribution in [3.8, 4) is 0 Å². The summed E-state index contributed by atoms with van der Waals surface area (Å²) in [7, 11) is 0. The molecular formula is C67H116O12. The number of allylic oxidation sites excluding steroid dienone is 10. The number of aliphatic carboxylic acids is 1. The first kappa shape index (κ1) is 73.4. The topological polar surface area (TPSA) is 175 Å². The van der Waals surface area contributed by atoms with Crippen molar-refractivity contribution in [2.45, 2.75) is 327 Å². The van der Waals surface area contributed by atoms with Gasteiger partial charge < -0.3 is 39.0 Å². The van der Waals surface area contributed by atoms with Crippen LogP contribution in [-0.2, 0) is 42.9 Å². The fraction of sp³-hybridized carbons (Fsp3) is 0.791. The standard InChI is InChI=1S/C67H116O12/c1-4-7-10-13-16-19-22-24-26-28-30-32-34-36-39-41-44-47-50-53-59(68)75-56-58(77-60(69)54-51-48-45-43-40-37-35-33-31-29-27-25-23-20-17-14-11-8-5-2)57-76-67-65(63(72)62(71)64(79-67)66(73)74)78-61(70)55-52-49-46-42-38-21-18-15-12-9-6-3/h15-20,24-27,58,62-65,67,71-72H,4-14,21-23,28-57H2,1-3H3,(H,73,74)/b18-15-,19-16-,20-17-,26-24-,27-25-. The maximum atomic E-state index is 13.2. The van der Waals surface area contributed by atoms with Crippen LogP contribution in [0.3, 0.4) is 0 Å². The lowest BCUT2D eigenvalue weighted by Gasteiger charge is -2.40. The lowest BCUT2D eigenvalue weighted by atomic mass is 9.98. The van der Waals surface area contributed by atoms with Crippen LogP contribution >= 0.6 is 0 Å². The van der Waals surface area contributed by atoms with Crippen molar-refractivity contribution in [1.82, 2.24) is 0 Å². The Balaban J connectivity index is 2.64. The summed E-state index contributed by atoms with van der Waals surface area (Å²) in [5.41, 5.74) is 0. The fourth-order valence-corrected chi connectivity index (χ4v) is 9.53. The molecule has 0 aliphatic carbocycles. The number of carboxylic acid groups (broad SMARTS) is 1.